The smallest absolute Gasteiger partial charge is 0.250 e. The van der Waals surface area contributed by atoms with Crippen LogP contribution < -0.4 is 5.32 Å². The quantitative estimate of drug-likeness (QED) is 0.617. The molecule has 3 rings (SSSR count). The van der Waals surface area contributed by atoms with Gasteiger partial charge in [0.15, 0.2) is 5.13 Å². The maximum Gasteiger partial charge on any atom is 0.250 e. The number of hydrogen-bond donors (Lipinski definition) is 1. The SMILES string of the molecule is Cc1ccccc1/C=C\C(=O)Nc1ncc(Cc2cccc(Cl)c2)s1. The fraction of sp³-hybridized carbons (Fsp3) is 0.100. The van der Waals surface area contributed by atoms with Gasteiger partial charge in [-0.1, -0.05) is 48.0 Å². The number of nitrogens with zero attached hydrogens (tertiary/aromatic N) is 1. The summed E-state index contributed by atoms with van der Waals surface area (Å²) < 4.78 is 0. The first-order valence-corrected chi connectivity index (χ1v) is 9.03. The molecule has 2 aromatic carbocycles. The van der Waals surface area contributed by atoms with E-state index in [1.807, 2.05) is 61.5 Å². The second kappa shape index (κ2) is 8.10. The van der Waals surface area contributed by atoms with Crippen molar-refractivity contribution in [3.63, 3.8) is 0 Å². The van der Waals surface area contributed by atoms with E-state index >= 15 is 0 Å². The van der Waals surface area contributed by atoms with Crippen LogP contribution in [-0.4, -0.2) is 10.9 Å². The third-order valence-corrected chi connectivity index (χ3v) is 4.80. The maximum absolute atomic E-state index is 12.1. The van der Waals surface area contributed by atoms with Crippen LogP contribution in [0.2, 0.25) is 5.02 Å². The summed E-state index contributed by atoms with van der Waals surface area (Å²) in [6.45, 7) is 2.01. The van der Waals surface area contributed by atoms with E-state index in [9.17, 15) is 4.79 Å². The first-order valence-electron chi connectivity index (χ1n) is 7.84. The van der Waals surface area contributed by atoms with Crippen LogP contribution in [0.25, 0.3) is 6.08 Å². The normalized spacial score (nSPS) is 11.0. The number of amides is 1. The minimum Gasteiger partial charge on any atom is -0.298 e. The van der Waals surface area contributed by atoms with Crippen molar-refractivity contribution in [1.29, 1.82) is 0 Å². The number of rotatable bonds is 5. The number of benzene rings is 2. The van der Waals surface area contributed by atoms with Crippen molar-refractivity contribution in [3.8, 4) is 0 Å². The monoisotopic (exact) mass is 368 g/mol. The third-order valence-electron chi connectivity index (χ3n) is 3.65. The Morgan fingerprint density at radius 2 is 2.08 bits per heavy atom. The highest BCUT2D eigenvalue weighted by Gasteiger charge is 2.06. The number of anilines is 1. The van der Waals surface area contributed by atoms with Gasteiger partial charge in [-0.2, -0.15) is 0 Å². The van der Waals surface area contributed by atoms with E-state index in [0.717, 1.165) is 33.0 Å². The van der Waals surface area contributed by atoms with Crippen LogP contribution in [0.4, 0.5) is 5.13 Å². The average molecular weight is 369 g/mol. The van der Waals surface area contributed by atoms with Gasteiger partial charge in [0, 0.05) is 28.6 Å². The van der Waals surface area contributed by atoms with Crippen LogP contribution in [0.3, 0.4) is 0 Å². The molecule has 0 aliphatic heterocycles. The van der Waals surface area contributed by atoms with E-state index < -0.39 is 0 Å². The highest BCUT2D eigenvalue weighted by Crippen LogP contribution is 2.22. The zero-order valence-corrected chi connectivity index (χ0v) is 15.3. The highest BCUT2D eigenvalue weighted by atomic mass is 35.5. The Bertz CT molecular complexity index is 917. The van der Waals surface area contributed by atoms with E-state index in [4.69, 9.17) is 11.6 Å². The fourth-order valence-corrected chi connectivity index (χ4v) is 3.44. The number of halogens is 1. The Morgan fingerprint density at radius 1 is 1.24 bits per heavy atom. The first-order chi connectivity index (χ1) is 12.1. The molecule has 0 bridgehead atoms. The number of aromatic nitrogens is 1. The zero-order chi connectivity index (χ0) is 17.6. The van der Waals surface area contributed by atoms with Crippen LogP contribution in [0, 0.1) is 6.92 Å². The van der Waals surface area contributed by atoms with E-state index in [1.165, 1.54) is 17.4 Å². The zero-order valence-electron chi connectivity index (χ0n) is 13.7. The van der Waals surface area contributed by atoms with E-state index in [0.29, 0.717) is 5.13 Å². The molecule has 0 fully saturated rings. The van der Waals surface area contributed by atoms with Gasteiger partial charge in [0.1, 0.15) is 0 Å². The van der Waals surface area contributed by atoms with Gasteiger partial charge >= 0.3 is 0 Å². The van der Waals surface area contributed by atoms with Gasteiger partial charge in [0.25, 0.3) is 0 Å². The molecule has 3 aromatic rings. The van der Waals surface area contributed by atoms with Crippen molar-refractivity contribution in [1.82, 2.24) is 4.98 Å². The van der Waals surface area contributed by atoms with Gasteiger partial charge < -0.3 is 0 Å². The number of thiazole rings is 1. The average Bonchev–Trinajstić information content (AvgIpc) is 3.01. The molecule has 1 amide bonds. The Kier molecular flexibility index (Phi) is 5.64. The molecule has 5 heteroatoms. The van der Waals surface area contributed by atoms with E-state index in [-0.39, 0.29) is 5.91 Å². The minimum absolute atomic E-state index is 0.188. The Labute approximate surface area is 156 Å². The minimum atomic E-state index is -0.188. The molecular formula is C20H17ClN2OS. The molecule has 0 aliphatic carbocycles. The second-order valence-corrected chi connectivity index (χ2v) is 7.17. The van der Waals surface area contributed by atoms with Crippen LogP contribution in [0.15, 0.2) is 60.8 Å². The summed E-state index contributed by atoms with van der Waals surface area (Å²) in [7, 11) is 0. The topological polar surface area (TPSA) is 42.0 Å². The Hall–Kier alpha value is -2.43. The summed E-state index contributed by atoms with van der Waals surface area (Å²) >= 11 is 7.47. The van der Waals surface area contributed by atoms with Crippen LogP contribution in [0.1, 0.15) is 21.6 Å². The van der Waals surface area contributed by atoms with Gasteiger partial charge in [-0.15, -0.1) is 11.3 Å². The summed E-state index contributed by atoms with van der Waals surface area (Å²) in [6, 6.07) is 15.7. The van der Waals surface area contributed by atoms with Crippen molar-refractivity contribution in [2.75, 3.05) is 5.32 Å². The molecule has 0 aliphatic rings. The molecule has 0 saturated heterocycles. The molecule has 0 unspecified atom stereocenters. The fourth-order valence-electron chi connectivity index (χ4n) is 2.38. The molecule has 0 spiro atoms. The van der Waals surface area contributed by atoms with Gasteiger partial charge in [-0.25, -0.2) is 4.98 Å². The summed E-state index contributed by atoms with van der Waals surface area (Å²) in [5.41, 5.74) is 3.27. The number of hydrogen-bond acceptors (Lipinski definition) is 3. The Balaban J connectivity index is 1.61. The predicted molar refractivity (Wildman–Crippen MR) is 105 cm³/mol. The summed E-state index contributed by atoms with van der Waals surface area (Å²) in [6.07, 6.45) is 5.87. The molecule has 126 valence electrons. The number of aryl methyl sites for hydroxylation is 1. The molecule has 25 heavy (non-hydrogen) atoms. The van der Waals surface area contributed by atoms with Crippen molar-refractivity contribution >= 4 is 40.1 Å². The number of carbonyl (C=O) groups excluding carboxylic acids is 1. The van der Waals surface area contributed by atoms with Crippen molar-refractivity contribution < 1.29 is 4.79 Å². The first kappa shape index (κ1) is 17.4. The van der Waals surface area contributed by atoms with Gasteiger partial charge in [-0.3, -0.25) is 10.1 Å². The molecule has 1 N–H and O–H groups in total. The highest BCUT2D eigenvalue weighted by molar-refractivity contribution is 7.15. The Morgan fingerprint density at radius 3 is 2.88 bits per heavy atom. The number of nitrogens with one attached hydrogen (secondary N) is 1. The van der Waals surface area contributed by atoms with Gasteiger partial charge in [-0.05, 0) is 41.8 Å². The van der Waals surface area contributed by atoms with Gasteiger partial charge in [0.05, 0.1) is 0 Å². The van der Waals surface area contributed by atoms with Crippen LogP contribution >= 0.6 is 22.9 Å². The summed E-state index contributed by atoms with van der Waals surface area (Å²) in [4.78, 5) is 17.4. The molecule has 0 radical (unpaired) electrons. The van der Waals surface area contributed by atoms with Gasteiger partial charge in [0.2, 0.25) is 5.91 Å². The number of carbonyl (C=O) groups is 1. The van der Waals surface area contributed by atoms with E-state index in [1.54, 1.807) is 6.20 Å². The lowest BCUT2D eigenvalue weighted by atomic mass is 10.1. The van der Waals surface area contributed by atoms with Crippen molar-refractivity contribution in [2.45, 2.75) is 13.3 Å². The molecule has 1 heterocycles. The maximum atomic E-state index is 12.1. The standard InChI is InChI=1S/C20H17ClN2OS/c1-14-5-2-3-7-16(14)9-10-19(24)23-20-22-13-18(25-20)12-15-6-4-8-17(21)11-15/h2-11,13H,12H2,1H3,(H,22,23,24)/b10-9-. The third kappa shape index (κ3) is 5.02. The molecule has 1 aromatic heterocycles. The lowest BCUT2D eigenvalue weighted by Gasteiger charge is -1.99. The molecule has 0 atom stereocenters. The summed E-state index contributed by atoms with van der Waals surface area (Å²) in [5, 5.41) is 4.12. The molecule has 3 nitrogen and oxygen atoms in total. The predicted octanol–water partition coefficient (Wildman–Crippen LogP) is 5.35. The molecular weight excluding hydrogens is 352 g/mol. The van der Waals surface area contributed by atoms with Crippen molar-refractivity contribution in [3.05, 3.63) is 87.4 Å². The molecule has 0 saturated carbocycles. The second-order valence-electron chi connectivity index (χ2n) is 5.62. The lowest BCUT2D eigenvalue weighted by molar-refractivity contribution is -0.111. The van der Waals surface area contributed by atoms with Crippen LogP contribution in [0.5, 0.6) is 0 Å². The lowest BCUT2D eigenvalue weighted by Crippen LogP contribution is -2.07. The van der Waals surface area contributed by atoms with E-state index in [2.05, 4.69) is 10.3 Å². The van der Waals surface area contributed by atoms with Crippen LogP contribution in [-0.2, 0) is 11.2 Å². The van der Waals surface area contributed by atoms with Crippen molar-refractivity contribution in [2.24, 2.45) is 0 Å². The summed E-state index contributed by atoms with van der Waals surface area (Å²) in [5.74, 6) is -0.188. The largest absolute Gasteiger partial charge is 0.298 e.